The summed E-state index contributed by atoms with van der Waals surface area (Å²) in [5.74, 6) is 1.55. The Hall–Kier alpha value is -1.70. The maximum atomic E-state index is 11.0. The molecule has 0 amide bonds. The number of carboxylic acids is 1. The molecule has 0 unspecified atom stereocenters. The summed E-state index contributed by atoms with van der Waals surface area (Å²) in [5, 5.41) is 9.01. The third-order valence-corrected chi connectivity index (χ3v) is 5.66. The molecule has 1 aliphatic rings. The first-order valence-electron chi connectivity index (χ1n) is 10.7. The minimum atomic E-state index is -0.770. The minimum Gasteiger partial charge on any atom is -0.493 e. The van der Waals surface area contributed by atoms with Crippen molar-refractivity contribution in [2.75, 3.05) is 6.61 Å². The van der Waals surface area contributed by atoms with Gasteiger partial charge in [0.1, 0.15) is 11.5 Å². The number of allylic oxidation sites excluding steroid dienone is 2. The van der Waals surface area contributed by atoms with Crippen molar-refractivity contribution < 1.29 is 19.1 Å². The smallest absolute Gasteiger partial charge is 0.303 e. The monoisotopic (exact) mass is 456 g/mol. The molecule has 1 aromatic heterocycles. The van der Waals surface area contributed by atoms with Gasteiger partial charge in [0.2, 0.25) is 5.89 Å². The van der Waals surface area contributed by atoms with E-state index in [0.29, 0.717) is 25.3 Å². The van der Waals surface area contributed by atoms with Crippen LogP contribution in [0.4, 0.5) is 0 Å². The summed E-state index contributed by atoms with van der Waals surface area (Å²) in [6, 6.07) is 14.2. The maximum Gasteiger partial charge on any atom is 0.303 e. The van der Waals surface area contributed by atoms with E-state index in [1.54, 1.807) is 0 Å². The Kier molecular flexibility index (Phi) is 8.91. The largest absolute Gasteiger partial charge is 0.493 e. The Balaban J connectivity index is 0.00000289. The zero-order chi connectivity index (χ0) is 21.8. The number of aromatic nitrogens is 1. The van der Waals surface area contributed by atoms with Gasteiger partial charge in [-0.15, -0.1) is 0 Å². The van der Waals surface area contributed by atoms with Gasteiger partial charge in [-0.25, -0.2) is 4.98 Å². The van der Waals surface area contributed by atoms with Crippen molar-refractivity contribution in [2.24, 2.45) is 0 Å². The van der Waals surface area contributed by atoms with Crippen molar-refractivity contribution in [2.45, 2.75) is 46.0 Å². The standard InChI is InChI=1S/C26H27NO4.K/c1-17-9-11-20(12-10-17)26-27-23(18(2)31-26)15-16-30-24-8-4-6-21-19(13-14-25(28)29)5-3-7-22(21)24;/h4-6,8-12H,3,7,13-16H2,1-2H3,(H,28,29);. The van der Waals surface area contributed by atoms with E-state index in [4.69, 9.17) is 14.3 Å². The summed E-state index contributed by atoms with van der Waals surface area (Å²) in [7, 11) is 0. The van der Waals surface area contributed by atoms with Gasteiger partial charge in [-0.05, 0) is 62.4 Å². The Morgan fingerprint density at radius 2 is 1.91 bits per heavy atom. The van der Waals surface area contributed by atoms with Crippen LogP contribution in [0.25, 0.3) is 17.0 Å². The molecule has 161 valence electrons. The van der Waals surface area contributed by atoms with Gasteiger partial charge in [-0.3, -0.25) is 4.79 Å². The SMILES string of the molecule is Cc1ccc(-c2nc(CCOc3cccc4c3CCC=C4CCC(=O)O)c(C)o2)cc1.[K]. The van der Waals surface area contributed by atoms with Crippen LogP contribution in [0.3, 0.4) is 0 Å². The number of nitrogens with zero attached hydrogens (tertiary/aromatic N) is 1. The molecule has 32 heavy (non-hydrogen) atoms. The second-order valence-corrected chi connectivity index (χ2v) is 7.93. The number of hydrogen-bond acceptors (Lipinski definition) is 4. The van der Waals surface area contributed by atoms with E-state index in [2.05, 4.69) is 36.2 Å². The number of benzene rings is 2. The van der Waals surface area contributed by atoms with Crippen molar-refractivity contribution >= 4 is 62.9 Å². The average Bonchev–Trinajstić information content (AvgIpc) is 3.13. The number of rotatable bonds is 8. The van der Waals surface area contributed by atoms with Gasteiger partial charge in [-0.2, -0.15) is 0 Å². The molecular weight excluding hydrogens is 429 g/mol. The van der Waals surface area contributed by atoms with Crippen LogP contribution in [0.1, 0.15) is 47.4 Å². The third-order valence-electron chi connectivity index (χ3n) is 5.66. The van der Waals surface area contributed by atoms with E-state index >= 15 is 0 Å². The molecule has 1 N–H and O–H groups in total. The summed E-state index contributed by atoms with van der Waals surface area (Å²) >= 11 is 0. The molecule has 5 nitrogen and oxygen atoms in total. The number of aryl methyl sites for hydroxylation is 2. The number of aliphatic carboxylic acids is 1. The zero-order valence-electron chi connectivity index (χ0n) is 19.0. The number of carboxylic acid groups (broad SMARTS) is 1. The minimum absolute atomic E-state index is 0. The normalized spacial score (nSPS) is 12.5. The van der Waals surface area contributed by atoms with Crippen molar-refractivity contribution in [1.29, 1.82) is 0 Å². The Labute approximate surface area is 231 Å². The number of fused-ring (bicyclic) bond motifs is 1. The topological polar surface area (TPSA) is 72.6 Å². The fourth-order valence-corrected chi connectivity index (χ4v) is 3.98. The van der Waals surface area contributed by atoms with E-state index in [9.17, 15) is 4.79 Å². The van der Waals surface area contributed by atoms with Gasteiger partial charge in [0, 0.05) is 75.4 Å². The molecular formula is C26H27KNO4. The molecule has 2 aromatic carbocycles. The zero-order valence-corrected chi connectivity index (χ0v) is 22.1. The molecule has 3 aromatic rings. The van der Waals surface area contributed by atoms with Gasteiger partial charge >= 0.3 is 5.97 Å². The summed E-state index contributed by atoms with van der Waals surface area (Å²) in [6.45, 7) is 4.50. The van der Waals surface area contributed by atoms with E-state index in [-0.39, 0.29) is 57.8 Å². The van der Waals surface area contributed by atoms with Crippen LogP contribution in [0.5, 0.6) is 5.75 Å². The van der Waals surface area contributed by atoms with Crippen LogP contribution in [0.2, 0.25) is 0 Å². The van der Waals surface area contributed by atoms with Crippen molar-refractivity contribution in [3.8, 4) is 17.2 Å². The van der Waals surface area contributed by atoms with E-state index in [1.807, 2.05) is 31.2 Å². The van der Waals surface area contributed by atoms with Crippen LogP contribution >= 0.6 is 0 Å². The Morgan fingerprint density at radius 3 is 2.66 bits per heavy atom. The molecule has 0 bridgehead atoms. The Morgan fingerprint density at radius 1 is 1.12 bits per heavy atom. The van der Waals surface area contributed by atoms with Crippen molar-refractivity contribution in [3.05, 3.63) is 76.7 Å². The number of oxazole rings is 1. The summed E-state index contributed by atoms with van der Waals surface area (Å²) in [6.07, 6.45) is 5.32. The molecule has 1 aliphatic carbocycles. The first kappa shape index (κ1) is 24.9. The Bertz CT molecular complexity index is 1120. The second kappa shape index (κ2) is 11.4. The molecule has 0 saturated heterocycles. The number of hydrogen-bond donors (Lipinski definition) is 1. The summed E-state index contributed by atoms with van der Waals surface area (Å²) < 4.78 is 12.0. The molecule has 0 saturated carbocycles. The van der Waals surface area contributed by atoms with Crippen LogP contribution in [0.15, 0.2) is 53.0 Å². The van der Waals surface area contributed by atoms with Crippen LogP contribution in [-0.4, -0.2) is 74.1 Å². The van der Waals surface area contributed by atoms with Crippen LogP contribution < -0.4 is 4.74 Å². The maximum absolute atomic E-state index is 11.0. The molecule has 1 radical (unpaired) electrons. The summed E-state index contributed by atoms with van der Waals surface area (Å²) in [4.78, 5) is 15.6. The van der Waals surface area contributed by atoms with Crippen molar-refractivity contribution in [1.82, 2.24) is 4.98 Å². The van der Waals surface area contributed by atoms with E-state index < -0.39 is 5.97 Å². The van der Waals surface area contributed by atoms with Crippen LogP contribution in [0, 0.1) is 13.8 Å². The predicted molar refractivity (Wildman–Crippen MR) is 126 cm³/mol. The second-order valence-electron chi connectivity index (χ2n) is 7.93. The fraction of sp³-hybridized carbons (Fsp3) is 0.308. The van der Waals surface area contributed by atoms with E-state index in [1.165, 1.54) is 11.1 Å². The molecule has 0 aliphatic heterocycles. The number of carbonyl (C=O) groups is 1. The van der Waals surface area contributed by atoms with Gasteiger partial charge < -0.3 is 14.3 Å². The predicted octanol–water partition coefficient (Wildman–Crippen LogP) is 5.39. The van der Waals surface area contributed by atoms with Gasteiger partial charge in [-0.1, -0.05) is 35.9 Å². The van der Waals surface area contributed by atoms with Gasteiger partial charge in [0.15, 0.2) is 0 Å². The van der Waals surface area contributed by atoms with Crippen molar-refractivity contribution in [3.63, 3.8) is 0 Å². The first-order valence-corrected chi connectivity index (χ1v) is 10.7. The molecule has 6 heteroatoms. The van der Waals surface area contributed by atoms with Crippen LogP contribution in [-0.2, 0) is 17.6 Å². The molecule has 0 atom stereocenters. The molecule has 4 rings (SSSR count). The fourth-order valence-electron chi connectivity index (χ4n) is 3.98. The van der Waals surface area contributed by atoms with Gasteiger partial charge in [0.25, 0.3) is 0 Å². The quantitative estimate of drug-likeness (QED) is 0.460. The molecule has 0 spiro atoms. The van der Waals surface area contributed by atoms with Gasteiger partial charge in [0.05, 0.1) is 12.3 Å². The summed E-state index contributed by atoms with van der Waals surface area (Å²) in [5.41, 5.74) is 6.46. The van der Waals surface area contributed by atoms with E-state index in [0.717, 1.165) is 46.7 Å². The number of ether oxygens (including phenoxy) is 1. The molecule has 0 fully saturated rings. The average molecular weight is 457 g/mol. The first-order chi connectivity index (χ1) is 15.0. The third kappa shape index (κ3) is 6.00. The molecule has 1 heterocycles.